The number of non-ortho nitro benzene ring substituents is 1. The van der Waals surface area contributed by atoms with Crippen molar-refractivity contribution in [3.8, 4) is 0 Å². The van der Waals surface area contributed by atoms with Gasteiger partial charge in [-0.1, -0.05) is 36.4 Å². The van der Waals surface area contributed by atoms with E-state index < -0.39 is 47.1 Å². The Morgan fingerprint density at radius 1 is 1.10 bits per heavy atom. The van der Waals surface area contributed by atoms with E-state index >= 15 is 0 Å². The number of ether oxygens (including phenoxy) is 1. The maximum absolute atomic E-state index is 13.8. The number of sulfonamides is 1. The number of anilines is 2. The van der Waals surface area contributed by atoms with Gasteiger partial charge in [0.2, 0.25) is 0 Å². The Balaban J connectivity index is 1.30. The minimum absolute atomic E-state index is 0.00336. The van der Waals surface area contributed by atoms with Gasteiger partial charge in [0.15, 0.2) is 11.5 Å². The van der Waals surface area contributed by atoms with Gasteiger partial charge in [-0.3, -0.25) is 19.2 Å². The molecule has 3 heterocycles. The fraction of sp³-hybridized carbons (Fsp3) is 0.323. The standard InChI is InChI=1S/C31H36N9O9PS/c1-37(2)24-8-4-7-23-22(24)6-5-9-27(23)51(46,47)36-38(3)16-20(19-10-12-21(13-11-19)40(41)42)14-25-26(49-50(43,44)45)15-28(48-25)39-18-35-29-30(32)33-17-34-31(29)39/h4-13,17-18,20,25-26,28,36H,14-16H2,1-3H3,(H2,32,33,34)(H2,43,44,45)/t20?,25-,26+,28-/m1/s1. The Hall–Kier alpha value is -4.59. The van der Waals surface area contributed by atoms with Crippen LogP contribution >= 0.6 is 7.82 Å². The van der Waals surface area contributed by atoms with E-state index in [2.05, 4.69) is 19.8 Å². The van der Waals surface area contributed by atoms with Gasteiger partial charge in [0.1, 0.15) is 18.1 Å². The number of phosphoric acid groups is 1. The average molecular weight is 742 g/mol. The maximum atomic E-state index is 13.8. The summed E-state index contributed by atoms with van der Waals surface area (Å²) in [6.45, 7) is 0.0235. The normalized spacial score (nSPS) is 18.8. The number of likely N-dealkylation sites (N-methyl/N-ethyl adjacent to an activating group) is 1. The van der Waals surface area contributed by atoms with Crippen LogP contribution in [0, 0.1) is 10.1 Å². The number of nitro benzene ring substituents is 1. The van der Waals surface area contributed by atoms with Crippen LogP contribution in [0.1, 0.15) is 30.6 Å². The van der Waals surface area contributed by atoms with Gasteiger partial charge in [0, 0.05) is 68.6 Å². The largest absolute Gasteiger partial charge is 0.469 e. The summed E-state index contributed by atoms with van der Waals surface area (Å²) in [6.07, 6.45) is -0.122. The number of aromatic nitrogens is 4. The lowest BCUT2D eigenvalue weighted by Gasteiger charge is -2.28. The van der Waals surface area contributed by atoms with Crippen molar-refractivity contribution in [2.24, 2.45) is 0 Å². The molecule has 5 aromatic rings. The van der Waals surface area contributed by atoms with Crippen molar-refractivity contribution in [3.63, 3.8) is 0 Å². The number of benzene rings is 3. The molecule has 1 unspecified atom stereocenters. The van der Waals surface area contributed by atoms with Gasteiger partial charge >= 0.3 is 7.82 Å². The number of hydrogen-bond donors (Lipinski definition) is 4. The molecule has 0 spiro atoms. The Morgan fingerprint density at radius 3 is 2.49 bits per heavy atom. The van der Waals surface area contributed by atoms with Gasteiger partial charge < -0.3 is 25.2 Å². The van der Waals surface area contributed by atoms with Crippen LogP contribution < -0.4 is 15.5 Å². The Labute approximate surface area is 292 Å². The van der Waals surface area contributed by atoms with E-state index in [-0.39, 0.29) is 35.8 Å². The van der Waals surface area contributed by atoms with Gasteiger partial charge in [-0.15, -0.1) is 4.83 Å². The minimum Gasteiger partial charge on any atom is -0.382 e. The van der Waals surface area contributed by atoms with Crippen LogP contribution in [0.4, 0.5) is 17.2 Å². The molecule has 0 amide bonds. The predicted molar refractivity (Wildman–Crippen MR) is 187 cm³/mol. The zero-order valence-electron chi connectivity index (χ0n) is 27.7. The first-order valence-corrected chi connectivity index (χ1v) is 18.6. The third-order valence-corrected chi connectivity index (χ3v) is 10.7. The number of rotatable bonds is 13. The van der Waals surface area contributed by atoms with E-state index in [9.17, 15) is 32.9 Å². The highest BCUT2D eigenvalue weighted by molar-refractivity contribution is 7.89. The molecular weight excluding hydrogens is 705 g/mol. The second-order valence-electron chi connectivity index (χ2n) is 12.4. The highest BCUT2D eigenvalue weighted by atomic mass is 32.2. The van der Waals surface area contributed by atoms with Crippen molar-refractivity contribution in [2.45, 2.75) is 42.1 Å². The average Bonchev–Trinajstić information content (AvgIpc) is 3.67. The Kier molecular flexibility index (Phi) is 10.1. The number of hydrazine groups is 1. The first-order chi connectivity index (χ1) is 24.1. The summed E-state index contributed by atoms with van der Waals surface area (Å²) < 4.78 is 52.8. The fourth-order valence-electron chi connectivity index (χ4n) is 6.43. The topological polar surface area (TPSA) is 241 Å². The van der Waals surface area contributed by atoms with Gasteiger partial charge in [0.05, 0.1) is 28.4 Å². The van der Waals surface area contributed by atoms with Crippen LogP contribution in [0.3, 0.4) is 0 Å². The monoisotopic (exact) mass is 741 g/mol. The third-order valence-electron chi connectivity index (χ3n) is 8.64. The molecule has 18 nitrogen and oxygen atoms in total. The van der Waals surface area contributed by atoms with Crippen LogP contribution in [-0.4, -0.2) is 87.6 Å². The zero-order valence-corrected chi connectivity index (χ0v) is 29.4. The summed E-state index contributed by atoms with van der Waals surface area (Å²) >= 11 is 0. The molecule has 0 bridgehead atoms. The van der Waals surface area contributed by atoms with E-state index in [1.165, 1.54) is 42.9 Å². The molecule has 51 heavy (non-hydrogen) atoms. The SMILES string of the molecule is CN(CC(C[C@H]1O[C@@H](n2cnc3c(N)ncnc32)C[C@@H]1OP(=O)(O)O)c1ccc([N+](=O)[O-])cc1)NS(=O)(=O)c1cccc2c(N(C)C)cccc12. The summed E-state index contributed by atoms with van der Waals surface area (Å²) in [6, 6.07) is 16.2. The minimum atomic E-state index is -4.99. The lowest BCUT2D eigenvalue weighted by atomic mass is 9.91. The number of fused-ring (bicyclic) bond motifs is 2. The molecular formula is C31H36N9O9PS. The number of nitrogens with zero attached hydrogens (tertiary/aromatic N) is 7. The summed E-state index contributed by atoms with van der Waals surface area (Å²) in [5, 5.41) is 14.1. The number of imidazole rings is 1. The lowest BCUT2D eigenvalue weighted by Crippen LogP contribution is -2.42. The molecule has 3 aromatic carbocycles. The Bertz CT molecular complexity index is 2230. The van der Waals surface area contributed by atoms with Crippen LogP contribution in [0.5, 0.6) is 0 Å². The Morgan fingerprint density at radius 2 is 1.80 bits per heavy atom. The third kappa shape index (κ3) is 7.85. The lowest BCUT2D eigenvalue weighted by molar-refractivity contribution is -0.384. The predicted octanol–water partition coefficient (Wildman–Crippen LogP) is 3.30. The van der Waals surface area contributed by atoms with Crippen LogP contribution in [0.2, 0.25) is 0 Å². The van der Waals surface area contributed by atoms with Crippen LogP contribution in [0.25, 0.3) is 21.9 Å². The second-order valence-corrected chi connectivity index (χ2v) is 15.2. The quantitative estimate of drug-likeness (QED) is 0.0769. The molecule has 5 N–H and O–H groups in total. The number of hydrogen-bond acceptors (Lipinski definition) is 13. The molecule has 4 atom stereocenters. The highest BCUT2D eigenvalue weighted by Gasteiger charge is 2.42. The van der Waals surface area contributed by atoms with E-state index in [4.69, 9.17) is 15.0 Å². The first-order valence-electron chi connectivity index (χ1n) is 15.6. The van der Waals surface area contributed by atoms with Crippen molar-refractivity contribution in [3.05, 3.63) is 89.0 Å². The molecule has 1 fully saturated rings. The van der Waals surface area contributed by atoms with Crippen LogP contribution in [-0.2, 0) is 23.8 Å². The fourth-order valence-corrected chi connectivity index (χ4v) is 8.31. The van der Waals surface area contributed by atoms with E-state index in [0.717, 1.165) is 11.1 Å². The van der Waals surface area contributed by atoms with E-state index in [1.807, 2.05) is 31.1 Å². The van der Waals surface area contributed by atoms with Crippen molar-refractivity contribution in [1.29, 1.82) is 0 Å². The molecule has 1 aliphatic heterocycles. The van der Waals surface area contributed by atoms with Gasteiger partial charge in [-0.25, -0.2) is 32.9 Å². The molecule has 2 aromatic heterocycles. The van der Waals surface area contributed by atoms with Crippen LogP contribution in [0.15, 0.2) is 78.2 Å². The highest BCUT2D eigenvalue weighted by Crippen LogP contribution is 2.46. The first kappa shape index (κ1) is 36.2. The number of nitrogens with two attached hydrogens (primary N) is 1. The maximum Gasteiger partial charge on any atom is 0.469 e. The molecule has 0 radical (unpaired) electrons. The number of phosphoric ester groups is 1. The molecule has 6 rings (SSSR count). The van der Waals surface area contributed by atoms with Gasteiger partial charge in [-0.2, -0.15) is 0 Å². The summed E-state index contributed by atoms with van der Waals surface area (Å²) in [7, 11) is -3.84. The van der Waals surface area contributed by atoms with Gasteiger partial charge in [-0.05, 0) is 24.1 Å². The molecule has 0 aliphatic carbocycles. The molecule has 1 saturated heterocycles. The number of nitrogen functional groups attached to an aromatic ring is 1. The van der Waals surface area contributed by atoms with Crippen molar-refractivity contribution >= 4 is 57.0 Å². The smallest absolute Gasteiger partial charge is 0.382 e. The van der Waals surface area contributed by atoms with Crippen molar-refractivity contribution in [2.75, 3.05) is 38.3 Å². The number of nitrogens with one attached hydrogen (secondary N) is 1. The van der Waals surface area contributed by atoms with Gasteiger partial charge in [0.25, 0.3) is 15.7 Å². The van der Waals surface area contributed by atoms with Crippen molar-refractivity contribution in [1.82, 2.24) is 29.4 Å². The molecule has 270 valence electrons. The number of nitro groups is 1. The molecule has 20 heteroatoms. The summed E-state index contributed by atoms with van der Waals surface area (Å²) in [5.74, 6) is -0.447. The summed E-state index contributed by atoms with van der Waals surface area (Å²) in [4.78, 5) is 47.5. The molecule has 0 saturated carbocycles. The van der Waals surface area contributed by atoms with E-state index in [1.54, 1.807) is 34.9 Å². The summed E-state index contributed by atoms with van der Waals surface area (Å²) in [5.41, 5.74) is 7.89. The second kappa shape index (κ2) is 14.2. The van der Waals surface area contributed by atoms with E-state index in [0.29, 0.717) is 22.1 Å². The molecule has 1 aliphatic rings. The zero-order chi connectivity index (χ0) is 36.7. The van der Waals surface area contributed by atoms with Crippen molar-refractivity contribution < 1.29 is 37.0 Å².